The largest absolute Gasteiger partial charge is 1.00 e. The molecule has 0 aliphatic carbocycles. The van der Waals surface area contributed by atoms with Crippen LogP contribution < -0.4 is 39.8 Å². The molecule has 0 fully saturated rings. The average Bonchev–Trinajstić information content (AvgIpc) is 1.79. The molecule has 0 spiro atoms. The number of carbonyl (C=O) groups is 2. The summed E-state index contributed by atoms with van der Waals surface area (Å²) in [5, 5.41) is 17.2. The van der Waals surface area contributed by atoms with Crippen LogP contribution in [-0.2, 0) is 9.36 Å². The van der Waals surface area contributed by atoms with Crippen molar-refractivity contribution in [1.82, 2.24) is 5.32 Å². The van der Waals surface area contributed by atoms with E-state index in [4.69, 9.17) is 15.1 Å². The number of hydrogen-bond donors (Lipinski definition) is 4. The third-order valence-corrected chi connectivity index (χ3v) is 1.82. The molecule has 0 bridgehead atoms. The second-order valence-electron chi connectivity index (χ2n) is 1.75. The molecule has 0 aliphatic heterocycles. The van der Waals surface area contributed by atoms with Crippen molar-refractivity contribution in [2.24, 2.45) is 0 Å². The summed E-state index contributed by atoms with van der Waals surface area (Å²) in [6.45, 7) is 0. The molecule has 0 radical (unpaired) electrons. The second kappa shape index (κ2) is 5.58. The first kappa shape index (κ1) is 15.4. The van der Waals surface area contributed by atoms with Gasteiger partial charge in [-0.3, -0.25) is 0 Å². The van der Waals surface area contributed by atoms with E-state index in [-0.39, 0.29) is 29.6 Å². The molecule has 0 aromatic heterocycles. The Kier molecular flexibility index (Phi) is 6.60. The maximum Gasteiger partial charge on any atom is 1.00 e. The summed E-state index contributed by atoms with van der Waals surface area (Å²) in [6, 6.07) is 0. The van der Waals surface area contributed by atoms with E-state index in [9.17, 15) is 19.0 Å². The standard InChI is InChI=1S/C3H6NO7P.Na/c5-2(6)1(4-3(7)8)12(9,10)11;/h1,4H,(H,5,6)(H,7,8)(H2,9,10,11);/q;+1/p-1. The molecule has 2 unspecified atom stereocenters. The van der Waals surface area contributed by atoms with Crippen LogP contribution in [0.25, 0.3) is 0 Å². The number of rotatable bonds is 3. The maximum absolute atomic E-state index is 10.2. The van der Waals surface area contributed by atoms with Gasteiger partial charge in [-0.15, -0.1) is 0 Å². The Morgan fingerprint density at radius 2 is 1.77 bits per heavy atom. The van der Waals surface area contributed by atoms with Gasteiger partial charge in [0, 0.05) is 0 Å². The van der Waals surface area contributed by atoms with Gasteiger partial charge >= 0.3 is 41.6 Å². The zero-order valence-electron chi connectivity index (χ0n) is 6.50. The first-order valence-electron chi connectivity index (χ1n) is 2.51. The minimum atomic E-state index is -5.23. The Labute approximate surface area is 94.4 Å². The van der Waals surface area contributed by atoms with Gasteiger partial charge in [-0.25, -0.2) is 9.59 Å². The zero-order valence-corrected chi connectivity index (χ0v) is 9.39. The van der Waals surface area contributed by atoms with E-state index in [1.165, 1.54) is 0 Å². The summed E-state index contributed by atoms with van der Waals surface area (Å²) < 4.78 is 10.2. The molecule has 2 atom stereocenters. The molecule has 0 aliphatic rings. The van der Waals surface area contributed by atoms with Crippen LogP contribution in [0.15, 0.2) is 0 Å². The van der Waals surface area contributed by atoms with E-state index in [0.29, 0.717) is 0 Å². The van der Waals surface area contributed by atoms with Crippen molar-refractivity contribution in [1.29, 1.82) is 0 Å². The number of amides is 1. The molecule has 4 N–H and O–H groups in total. The van der Waals surface area contributed by atoms with E-state index in [1.54, 1.807) is 0 Å². The Morgan fingerprint density at radius 1 is 1.38 bits per heavy atom. The summed E-state index contributed by atoms with van der Waals surface area (Å²) >= 11 is 0. The third-order valence-electron chi connectivity index (χ3n) is 0.820. The van der Waals surface area contributed by atoms with Crippen molar-refractivity contribution in [2.45, 2.75) is 5.78 Å². The van der Waals surface area contributed by atoms with E-state index >= 15 is 0 Å². The van der Waals surface area contributed by atoms with Crippen molar-refractivity contribution in [3.8, 4) is 0 Å². The van der Waals surface area contributed by atoms with Gasteiger partial charge in [0.25, 0.3) is 0 Å². The van der Waals surface area contributed by atoms with Crippen LogP contribution in [0.1, 0.15) is 0 Å². The van der Waals surface area contributed by atoms with E-state index in [1.807, 2.05) is 0 Å². The summed E-state index contributed by atoms with van der Waals surface area (Å²) in [5.74, 6) is -4.51. The summed E-state index contributed by atoms with van der Waals surface area (Å²) in [7, 11) is -5.23. The fourth-order valence-electron chi connectivity index (χ4n) is 0.400. The van der Waals surface area contributed by atoms with E-state index < -0.39 is 25.4 Å². The van der Waals surface area contributed by atoms with Crippen LogP contribution in [-0.4, -0.2) is 33.0 Å². The van der Waals surface area contributed by atoms with Gasteiger partial charge in [-0.2, -0.15) is 0 Å². The van der Waals surface area contributed by atoms with Crippen LogP contribution in [0, 0.1) is 0 Å². The van der Waals surface area contributed by atoms with Crippen LogP contribution >= 0.6 is 7.60 Å². The number of nitrogens with one attached hydrogen (secondary N) is 1. The first-order chi connectivity index (χ1) is 5.25. The van der Waals surface area contributed by atoms with Crippen LogP contribution in [0.4, 0.5) is 4.79 Å². The predicted molar refractivity (Wildman–Crippen MR) is 32.4 cm³/mol. The molecule has 0 aromatic carbocycles. The smallest absolute Gasteiger partial charge is 0.777 e. The molecule has 70 valence electrons. The van der Waals surface area contributed by atoms with Crippen LogP contribution in [0.5, 0.6) is 0 Å². The van der Waals surface area contributed by atoms with Gasteiger partial charge in [-0.05, 0) is 0 Å². The summed E-state index contributed by atoms with van der Waals surface area (Å²) in [5.41, 5.74) is 0. The normalized spacial score (nSPS) is 16.2. The average molecular weight is 221 g/mol. The van der Waals surface area contributed by atoms with Gasteiger partial charge < -0.3 is 29.9 Å². The molecule has 0 saturated heterocycles. The van der Waals surface area contributed by atoms with Crippen LogP contribution in [0.2, 0.25) is 0 Å². The Hall–Kier alpha value is -0.110. The first-order valence-corrected chi connectivity index (χ1v) is 4.15. The summed E-state index contributed by atoms with van der Waals surface area (Å²) in [4.78, 5) is 38.2. The van der Waals surface area contributed by atoms with Gasteiger partial charge in [0.2, 0.25) is 0 Å². The predicted octanol–water partition coefficient (Wildman–Crippen LogP) is -4.79. The maximum atomic E-state index is 10.2. The molecule has 0 saturated carbocycles. The Balaban J connectivity index is 0. The van der Waals surface area contributed by atoms with Crippen molar-refractivity contribution in [3.05, 3.63) is 0 Å². The van der Waals surface area contributed by atoms with Crippen molar-refractivity contribution >= 4 is 19.7 Å². The molecule has 10 heteroatoms. The molecular weight excluding hydrogens is 216 g/mol. The topological polar surface area (TPSA) is 147 Å². The minimum absolute atomic E-state index is 0. The zero-order chi connectivity index (χ0) is 9.94. The van der Waals surface area contributed by atoms with E-state index in [0.717, 1.165) is 5.32 Å². The van der Waals surface area contributed by atoms with Gasteiger partial charge in [0.1, 0.15) is 0 Å². The fourth-order valence-corrected chi connectivity index (χ4v) is 0.953. The number of carboxylic acids is 1. The second-order valence-corrected chi connectivity index (χ2v) is 3.40. The Bertz CT molecular complexity index is 248. The third kappa shape index (κ3) is 6.03. The molecule has 0 rings (SSSR count). The number of aliphatic carboxylic acids is 1. The molecule has 0 heterocycles. The molecular formula is C3H5NNaO7P. The number of hydrogen-bond acceptors (Lipinski definition) is 4. The van der Waals surface area contributed by atoms with Gasteiger partial charge in [0.05, 0.1) is 0 Å². The minimum Gasteiger partial charge on any atom is -0.777 e. The Morgan fingerprint density at radius 3 is 1.85 bits per heavy atom. The van der Waals surface area contributed by atoms with Crippen LogP contribution in [0.3, 0.4) is 0 Å². The monoisotopic (exact) mass is 221 g/mol. The molecule has 0 aromatic rings. The fraction of sp³-hybridized carbons (Fsp3) is 0.333. The quantitative estimate of drug-likeness (QED) is 0.276. The van der Waals surface area contributed by atoms with Gasteiger partial charge in [-0.1, -0.05) is 0 Å². The van der Waals surface area contributed by atoms with Gasteiger partial charge in [0.15, 0.2) is 13.4 Å². The van der Waals surface area contributed by atoms with Crippen molar-refractivity contribution in [2.75, 3.05) is 0 Å². The molecule has 1 amide bonds. The molecule has 8 nitrogen and oxygen atoms in total. The SMILES string of the molecule is O=C(O)NC(C(=O)O)P(=O)([O-])O.[Na+]. The molecule has 13 heavy (non-hydrogen) atoms. The summed E-state index contributed by atoms with van der Waals surface area (Å²) in [6.07, 6.45) is -1.85. The van der Waals surface area contributed by atoms with E-state index in [2.05, 4.69) is 0 Å². The number of carboxylic acid groups (broad SMARTS) is 2. The van der Waals surface area contributed by atoms with Crippen molar-refractivity contribution in [3.63, 3.8) is 0 Å². The van der Waals surface area contributed by atoms with Crippen molar-refractivity contribution < 1.29 is 63.7 Å².